The topological polar surface area (TPSA) is 84.2 Å². The first-order chi connectivity index (χ1) is 8.21. The number of hydrogen-bond acceptors (Lipinski definition) is 3. The Hall–Kier alpha value is -1.10. The molecule has 2 atom stereocenters. The number of rotatable bonds is 6. The van der Waals surface area contributed by atoms with Gasteiger partial charge < -0.3 is 16.4 Å². The molecule has 0 aromatic carbocycles. The van der Waals surface area contributed by atoms with E-state index in [-0.39, 0.29) is 23.3 Å². The molecule has 0 rings (SSSR count). The van der Waals surface area contributed by atoms with Crippen molar-refractivity contribution >= 4 is 11.8 Å². The molecule has 0 spiro atoms. The average molecular weight is 257 g/mol. The van der Waals surface area contributed by atoms with Crippen molar-refractivity contribution in [1.82, 2.24) is 10.6 Å². The summed E-state index contributed by atoms with van der Waals surface area (Å²) >= 11 is 0. The predicted octanol–water partition coefficient (Wildman–Crippen LogP) is 0.781. The molecule has 0 saturated heterocycles. The molecule has 18 heavy (non-hydrogen) atoms. The molecular weight excluding hydrogens is 230 g/mol. The highest BCUT2D eigenvalue weighted by Crippen LogP contribution is 2.05. The quantitative estimate of drug-likeness (QED) is 0.657. The number of nitrogens with one attached hydrogen (secondary N) is 2. The minimum Gasteiger partial charge on any atom is -0.350 e. The van der Waals surface area contributed by atoms with Crippen LogP contribution in [0, 0.1) is 5.92 Å². The van der Waals surface area contributed by atoms with E-state index in [1.54, 1.807) is 6.92 Å². The lowest BCUT2D eigenvalue weighted by Crippen LogP contribution is -2.52. The molecule has 0 radical (unpaired) electrons. The van der Waals surface area contributed by atoms with Crippen molar-refractivity contribution < 1.29 is 9.59 Å². The first-order valence-corrected chi connectivity index (χ1v) is 6.53. The van der Waals surface area contributed by atoms with Crippen LogP contribution in [0.1, 0.15) is 47.5 Å². The number of nitrogens with two attached hydrogens (primary N) is 1. The summed E-state index contributed by atoms with van der Waals surface area (Å²) in [5.74, 6) is -0.529. The van der Waals surface area contributed by atoms with E-state index in [2.05, 4.69) is 10.6 Å². The maximum Gasteiger partial charge on any atom is 0.242 e. The molecule has 0 fully saturated rings. The summed E-state index contributed by atoms with van der Waals surface area (Å²) in [6.07, 6.45) is 1.65. The van der Waals surface area contributed by atoms with E-state index in [9.17, 15) is 9.59 Å². The summed E-state index contributed by atoms with van der Waals surface area (Å²) in [6, 6.07) is -0.539. The van der Waals surface area contributed by atoms with Crippen molar-refractivity contribution in [2.75, 3.05) is 6.54 Å². The zero-order valence-corrected chi connectivity index (χ0v) is 12.2. The highest BCUT2D eigenvalue weighted by molar-refractivity contribution is 5.88. The van der Waals surface area contributed by atoms with Crippen LogP contribution in [0.2, 0.25) is 0 Å². The molecule has 4 N–H and O–H groups in total. The molecule has 5 heteroatoms. The van der Waals surface area contributed by atoms with Crippen LogP contribution in [-0.2, 0) is 9.59 Å². The Morgan fingerprint density at radius 2 is 1.78 bits per heavy atom. The van der Waals surface area contributed by atoms with E-state index in [1.165, 1.54) is 0 Å². The number of carbonyl (C=O) groups excluding carboxylic acids is 2. The summed E-state index contributed by atoms with van der Waals surface area (Å²) in [5.41, 5.74) is 5.25. The van der Waals surface area contributed by atoms with Gasteiger partial charge in [0.2, 0.25) is 11.8 Å². The maximum atomic E-state index is 11.9. The summed E-state index contributed by atoms with van der Waals surface area (Å²) in [7, 11) is 0. The van der Waals surface area contributed by atoms with Gasteiger partial charge in [-0.1, -0.05) is 13.3 Å². The molecule has 2 amide bonds. The molecule has 0 aliphatic rings. The fourth-order valence-corrected chi connectivity index (χ4v) is 1.58. The van der Waals surface area contributed by atoms with Crippen molar-refractivity contribution in [2.24, 2.45) is 11.7 Å². The molecule has 0 heterocycles. The van der Waals surface area contributed by atoms with Crippen LogP contribution in [0.3, 0.4) is 0 Å². The molecule has 106 valence electrons. The van der Waals surface area contributed by atoms with Gasteiger partial charge in [-0.25, -0.2) is 0 Å². The minimum atomic E-state index is -0.539. The SMILES string of the molecule is CCCC(CN)C(=O)NC(C)C(=O)NC(C)(C)C. The highest BCUT2D eigenvalue weighted by atomic mass is 16.2. The lowest BCUT2D eigenvalue weighted by Gasteiger charge is -2.24. The average Bonchev–Trinajstić information content (AvgIpc) is 2.23. The molecule has 5 nitrogen and oxygen atoms in total. The smallest absolute Gasteiger partial charge is 0.242 e. The Morgan fingerprint density at radius 1 is 1.22 bits per heavy atom. The van der Waals surface area contributed by atoms with Crippen LogP contribution in [0.5, 0.6) is 0 Å². The van der Waals surface area contributed by atoms with E-state index < -0.39 is 6.04 Å². The van der Waals surface area contributed by atoms with E-state index in [1.807, 2.05) is 27.7 Å². The van der Waals surface area contributed by atoms with Crippen molar-refractivity contribution in [1.29, 1.82) is 0 Å². The van der Waals surface area contributed by atoms with Crippen LogP contribution in [0.15, 0.2) is 0 Å². The monoisotopic (exact) mass is 257 g/mol. The van der Waals surface area contributed by atoms with Crippen LogP contribution in [-0.4, -0.2) is 29.9 Å². The summed E-state index contributed by atoms with van der Waals surface area (Å²) < 4.78 is 0. The molecule has 0 aromatic heterocycles. The molecule has 0 aliphatic heterocycles. The summed E-state index contributed by atoms with van der Waals surface area (Å²) in [5, 5.41) is 5.54. The van der Waals surface area contributed by atoms with Gasteiger partial charge in [0.1, 0.15) is 6.04 Å². The Morgan fingerprint density at radius 3 is 2.17 bits per heavy atom. The number of carbonyl (C=O) groups is 2. The highest BCUT2D eigenvalue weighted by Gasteiger charge is 2.23. The Kier molecular flexibility index (Phi) is 6.91. The summed E-state index contributed by atoms with van der Waals surface area (Å²) in [6.45, 7) is 9.70. The van der Waals surface area contributed by atoms with Gasteiger partial charge in [-0.2, -0.15) is 0 Å². The lowest BCUT2D eigenvalue weighted by molar-refractivity contribution is -0.131. The van der Waals surface area contributed by atoms with Gasteiger partial charge in [0.15, 0.2) is 0 Å². The summed E-state index contributed by atoms with van der Waals surface area (Å²) in [4.78, 5) is 23.7. The van der Waals surface area contributed by atoms with Gasteiger partial charge in [-0.15, -0.1) is 0 Å². The fourth-order valence-electron chi connectivity index (χ4n) is 1.58. The third-order valence-electron chi connectivity index (χ3n) is 2.54. The third kappa shape index (κ3) is 6.59. The van der Waals surface area contributed by atoms with Gasteiger partial charge in [0, 0.05) is 12.1 Å². The molecule has 2 unspecified atom stereocenters. The predicted molar refractivity (Wildman–Crippen MR) is 73.0 cm³/mol. The van der Waals surface area contributed by atoms with Crippen molar-refractivity contribution in [3.63, 3.8) is 0 Å². The number of hydrogen-bond donors (Lipinski definition) is 3. The first kappa shape index (κ1) is 16.9. The van der Waals surface area contributed by atoms with E-state index in [0.29, 0.717) is 6.54 Å². The molecular formula is C13H27N3O2. The Bertz CT molecular complexity index is 284. The second kappa shape index (κ2) is 7.36. The second-order valence-electron chi connectivity index (χ2n) is 5.69. The number of amides is 2. The van der Waals surface area contributed by atoms with E-state index >= 15 is 0 Å². The van der Waals surface area contributed by atoms with Gasteiger partial charge in [-0.3, -0.25) is 9.59 Å². The van der Waals surface area contributed by atoms with Gasteiger partial charge in [0.25, 0.3) is 0 Å². The first-order valence-electron chi connectivity index (χ1n) is 6.53. The van der Waals surface area contributed by atoms with Gasteiger partial charge in [-0.05, 0) is 34.1 Å². The fraction of sp³-hybridized carbons (Fsp3) is 0.846. The zero-order valence-electron chi connectivity index (χ0n) is 12.2. The zero-order chi connectivity index (χ0) is 14.3. The Balaban J connectivity index is 4.33. The molecule has 0 aromatic rings. The van der Waals surface area contributed by atoms with Crippen molar-refractivity contribution in [2.45, 2.75) is 59.0 Å². The van der Waals surface area contributed by atoms with Crippen LogP contribution in [0.25, 0.3) is 0 Å². The molecule has 0 saturated carbocycles. The molecule has 0 bridgehead atoms. The second-order valence-corrected chi connectivity index (χ2v) is 5.69. The van der Waals surface area contributed by atoms with Crippen LogP contribution in [0.4, 0.5) is 0 Å². The van der Waals surface area contributed by atoms with Gasteiger partial charge in [0.05, 0.1) is 5.92 Å². The minimum absolute atomic E-state index is 0.143. The van der Waals surface area contributed by atoms with Crippen molar-refractivity contribution in [3.8, 4) is 0 Å². The molecule has 0 aliphatic carbocycles. The standard InChI is InChI=1S/C13H27N3O2/c1-6-7-10(8-14)12(18)15-9(2)11(17)16-13(3,4)5/h9-10H,6-8,14H2,1-5H3,(H,15,18)(H,16,17). The third-order valence-corrected chi connectivity index (χ3v) is 2.54. The van der Waals surface area contributed by atoms with Crippen LogP contribution >= 0.6 is 0 Å². The van der Waals surface area contributed by atoms with Gasteiger partial charge >= 0.3 is 0 Å². The lowest BCUT2D eigenvalue weighted by atomic mass is 10.0. The van der Waals surface area contributed by atoms with Crippen molar-refractivity contribution in [3.05, 3.63) is 0 Å². The van der Waals surface area contributed by atoms with E-state index in [4.69, 9.17) is 5.73 Å². The Labute approximate surface area is 110 Å². The van der Waals surface area contributed by atoms with Crippen LogP contribution < -0.4 is 16.4 Å². The maximum absolute atomic E-state index is 11.9. The normalized spacial score (nSPS) is 14.8. The largest absolute Gasteiger partial charge is 0.350 e. The van der Waals surface area contributed by atoms with E-state index in [0.717, 1.165) is 12.8 Å².